The van der Waals surface area contributed by atoms with Gasteiger partial charge in [0.2, 0.25) is 0 Å². The van der Waals surface area contributed by atoms with Crippen LogP contribution < -0.4 is 0 Å². The van der Waals surface area contributed by atoms with Crippen molar-refractivity contribution in [2.24, 2.45) is 5.92 Å². The summed E-state index contributed by atoms with van der Waals surface area (Å²) in [5.41, 5.74) is 2.02. The molecule has 16 heavy (non-hydrogen) atoms. The molecule has 0 bridgehead atoms. The molecule has 1 atom stereocenters. The second kappa shape index (κ2) is 4.52. The third kappa shape index (κ3) is 2.16. The van der Waals surface area contributed by atoms with E-state index >= 15 is 0 Å². The van der Waals surface area contributed by atoms with Crippen molar-refractivity contribution in [1.82, 2.24) is 4.98 Å². The molecular weight excluding hydrogens is 198 g/mol. The molecule has 0 fully saturated rings. The molecular formula is C14H17NO. The number of nitrogens with zero attached hydrogens (tertiary/aromatic N) is 1. The van der Waals surface area contributed by atoms with Crippen LogP contribution in [0.25, 0.3) is 11.3 Å². The molecule has 1 aromatic carbocycles. The van der Waals surface area contributed by atoms with Crippen molar-refractivity contribution in [1.29, 1.82) is 0 Å². The van der Waals surface area contributed by atoms with Gasteiger partial charge in [-0.25, -0.2) is 4.98 Å². The van der Waals surface area contributed by atoms with Gasteiger partial charge >= 0.3 is 0 Å². The Morgan fingerprint density at radius 3 is 2.38 bits per heavy atom. The number of aromatic nitrogens is 1. The van der Waals surface area contributed by atoms with Crippen LogP contribution in [-0.2, 0) is 0 Å². The predicted molar refractivity (Wildman–Crippen MR) is 65.2 cm³/mol. The van der Waals surface area contributed by atoms with Gasteiger partial charge in [-0.15, -0.1) is 0 Å². The first-order chi connectivity index (χ1) is 7.68. The van der Waals surface area contributed by atoms with Gasteiger partial charge in [0.25, 0.3) is 0 Å². The Morgan fingerprint density at radius 2 is 1.75 bits per heavy atom. The van der Waals surface area contributed by atoms with Gasteiger partial charge in [0, 0.05) is 11.5 Å². The Kier molecular flexibility index (Phi) is 3.09. The summed E-state index contributed by atoms with van der Waals surface area (Å²) in [4.78, 5) is 4.54. The summed E-state index contributed by atoms with van der Waals surface area (Å²) in [7, 11) is 0. The van der Waals surface area contributed by atoms with Crippen molar-refractivity contribution in [2.45, 2.75) is 26.7 Å². The normalized spacial score (nSPS) is 13.0. The minimum atomic E-state index is 0.359. The van der Waals surface area contributed by atoms with Gasteiger partial charge in [-0.3, -0.25) is 0 Å². The Morgan fingerprint density at radius 1 is 1.06 bits per heavy atom. The highest BCUT2D eigenvalue weighted by molar-refractivity contribution is 5.57. The van der Waals surface area contributed by atoms with Crippen LogP contribution >= 0.6 is 0 Å². The fourth-order valence-corrected chi connectivity index (χ4v) is 1.52. The van der Waals surface area contributed by atoms with E-state index in [0.717, 1.165) is 17.1 Å². The van der Waals surface area contributed by atoms with E-state index in [1.807, 2.05) is 30.3 Å². The smallest absolute Gasteiger partial charge is 0.197 e. The topological polar surface area (TPSA) is 26.0 Å². The maximum atomic E-state index is 5.53. The maximum absolute atomic E-state index is 5.53. The summed E-state index contributed by atoms with van der Waals surface area (Å²) in [5.74, 6) is 1.73. The molecule has 0 amide bonds. The molecule has 0 aliphatic heterocycles. The van der Waals surface area contributed by atoms with Crippen LogP contribution in [0.3, 0.4) is 0 Å². The number of hydrogen-bond donors (Lipinski definition) is 0. The standard InChI is InChI=1S/C14H17NO/c1-10(2)11(3)14-15-13(9-16-14)12-7-5-4-6-8-12/h4-11H,1-3H3/t11-/m0/s1. The van der Waals surface area contributed by atoms with E-state index in [0.29, 0.717) is 11.8 Å². The van der Waals surface area contributed by atoms with E-state index in [-0.39, 0.29) is 0 Å². The quantitative estimate of drug-likeness (QED) is 0.770. The molecule has 2 nitrogen and oxygen atoms in total. The summed E-state index contributed by atoms with van der Waals surface area (Å²) >= 11 is 0. The van der Waals surface area contributed by atoms with Crippen molar-refractivity contribution >= 4 is 0 Å². The number of hydrogen-bond acceptors (Lipinski definition) is 2. The summed E-state index contributed by atoms with van der Waals surface area (Å²) < 4.78 is 5.53. The summed E-state index contributed by atoms with van der Waals surface area (Å²) in [6.07, 6.45) is 1.74. The maximum Gasteiger partial charge on any atom is 0.197 e. The zero-order chi connectivity index (χ0) is 11.5. The summed E-state index contributed by atoms with van der Waals surface area (Å²) in [5, 5.41) is 0. The Balaban J connectivity index is 2.27. The molecule has 1 aromatic heterocycles. The van der Waals surface area contributed by atoms with E-state index in [1.165, 1.54) is 0 Å². The second-order valence-electron chi connectivity index (χ2n) is 4.47. The van der Waals surface area contributed by atoms with Gasteiger partial charge in [0.05, 0.1) is 0 Å². The molecule has 0 unspecified atom stereocenters. The molecule has 0 saturated carbocycles. The van der Waals surface area contributed by atoms with Crippen molar-refractivity contribution in [3.05, 3.63) is 42.5 Å². The molecule has 2 rings (SSSR count). The van der Waals surface area contributed by atoms with Crippen molar-refractivity contribution in [3.63, 3.8) is 0 Å². The first-order valence-corrected chi connectivity index (χ1v) is 5.69. The highest BCUT2D eigenvalue weighted by Gasteiger charge is 2.16. The third-order valence-corrected chi connectivity index (χ3v) is 2.98. The molecule has 0 radical (unpaired) electrons. The zero-order valence-corrected chi connectivity index (χ0v) is 9.97. The molecule has 2 aromatic rings. The second-order valence-corrected chi connectivity index (χ2v) is 4.47. The lowest BCUT2D eigenvalue weighted by atomic mass is 9.98. The lowest BCUT2D eigenvalue weighted by Gasteiger charge is -2.10. The lowest BCUT2D eigenvalue weighted by molar-refractivity contribution is 0.400. The fourth-order valence-electron chi connectivity index (χ4n) is 1.52. The average Bonchev–Trinajstić information content (AvgIpc) is 2.78. The number of benzene rings is 1. The summed E-state index contributed by atoms with van der Waals surface area (Å²) in [6.45, 7) is 6.50. The van der Waals surface area contributed by atoms with Crippen LogP contribution in [0, 0.1) is 5.92 Å². The van der Waals surface area contributed by atoms with Crippen molar-refractivity contribution in [3.8, 4) is 11.3 Å². The van der Waals surface area contributed by atoms with Crippen molar-refractivity contribution < 1.29 is 4.42 Å². The molecule has 0 aliphatic carbocycles. The highest BCUT2D eigenvalue weighted by Crippen LogP contribution is 2.26. The Hall–Kier alpha value is -1.57. The van der Waals surface area contributed by atoms with Crippen LogP contribution in [0.4, 0.5) is 0 Å². The van der Waals surface area contributed by atoms with Gasteiger partial charge < -0.3 is 4.42 Å². The third-order valence-electron chi connectivity index (χ3n) is 2.98. The number of oxazole rings is 1. The van der Waals surface area contributed by atoms with Gasteiger partial charge in [0.15, 0.2) is 5.89 Å². The monoisotopic (exact) mass is 215 g/mol. The first-order valence-electron chi connectivity index (χ1n) is 5.69. The van der Waals surface area contributed by atoms with Gasteiger partial charge in [-0.1, -0.05) is 51.1 Å². The van der Waals surface area contributed by atoms with Crippen LogP contribution in [0.15, 0.2) is 41.0 Å². The van der Waals surface area contributed by atoms with E-state index < -0.39 is 0 Å². The SMILES string of the molecule is CC(C)[C@H](C)c1nc(-c2ccccc2)co1. The van der Waals surface area contributed by atoms with Gasteiger partial charge in [-0.2, -0.15) is 0 Å². The predicted octanol–water partition coefficient (Wildman–Crippen LogP) is 4.10. The zero-order valence-electron chi connectivity index (χ0n) is 9.97. The molecule has 1 heterocycles. The van der Waals surface area contributed by atoms with Gasteiger partial charge in [-0.05, 0) is 5.92 Å². The molecule has 84 valence electrons. The summed E-state index contributed by atoms with van der Waals surface area (Å²) in [6, 6.07) is 10.1. The lowest BCUT2D eigenvalue weighted by Crippen LogP contribution is -2.01. The fraction of sp³-hybridized carbons (Fsp3) is 0.357. The van der Waals surface area contributed by atoms with Gasteiger partial charge in [0.1, 0.15) is 12.0 Å². The Bertz CT molecular complexity index is 445. The minimum absolute atomic E-state index is 0.359. The molecule has 0 saturated heterocycles. The molecule has 2 heteroatoms. The highest BCUT2D eigenvalue weighted by atomic mass is 16.3. The van der Waals surface area contributed by atoms with Crippen LogP contribution in [0.5, 0.6) is 0 Å². The van der Waals surface area contributed by atoms with Crippen LogP contribution in [0.2, 0.25) is 0 Å². The van der Waals surface area contributed by atoms with Crippen LogP contribution in [-0.4, -0.2) is 4.98 Å². The van der Waals surface area contributed by atoms with Crippen molar-refractivity contribution in [2.75, 3.05) is 0 Å². The van der Waals surface area contributed by atoms with E-state index in [2.05, 4.69) is 25.8 Å². The van der Waals surface area contributed by atoms with E-state index in [9.17, 15) is 0 Å². The first kappa shape index (κ1) is 10.9. The largest absolute Gasteiger partial charge is 0.448 e. The van der Waals surface area contributed by atoms with E-state index in [1.54, 1.807) is 6.26 Å². The molecule has 0 aliphatic rings. The van der Waals surface area contributed by atoms with Crippen LogP contribution in [0.1, 0.15) is 32.6 Å². The molecule has 0 N–H and O–H groups in total. The Labute approximate surface area is 96.3 Å². The molecule has 0 spiro atoms. The van der Waals surface area contributed by atoms with E-state index in [4.69, 9.17) is 4.42 Å². The average molecular weight is 215 g/mol. The number of rotatable bonds is 3. The minimum Gasteiger partial charge on any atom is -0.448 e.